The fraction of sp³-hybridized carbons (Fsp3) is 0.278. The maximum Gasteiger partial charge on any atom is 0.255 e. The predicted molar refractivity (Wildman–Crippen MR) is 93.5 cm³/mol. The number of carbonyl (C=O) groups is 1. The highest BCUT2D eigenvalue weighted by atomic mass is 19.1. The van der Waals surface area contributed by atoms with Crippen LogP contribution in [0.25, 0.3) is 11.2 Å². The summed E-state index contributed by atoms with van der Waals surface area (Å²) in [7, 11) is 0. The number of H-pyrrole nitrogens is 1. The van der Waals surface area contributed by atoms with Crippen LogP contribution in [0.2, 0.25) is 0 Å². The molecule has 0 fully saturated rings. The molecule has 0 aliphatic carbocycles. The molecule has 2 heterocycles. The van der Waals surface area contributed by atoms with Crippen molar-refractivity contribution in [3.05, 3.63) is 47.8 Å². The lowest BCUT2D eigenvalue weighted by atomic mass is 10.0. The third kappa shape index (κ3) is 4.03. The third-order valence-electron chi connectivity index (χ3n) is 4.12. The summed E-state index contributed by atoms with van der Waals surface area (Å²) in [5.74, 6) is -2.36. The first kappa shape index (κ1) is 18.7. The smallest absolute Gasteiger partial charge is 0.255 e. The monoisotopic (exact) mass is 376 g/mol. The minimum atomic E-state index is -1.11. The predicted octanol–water partition coefficient (Wildman–Crippen LogP) is 2.92. The molecule has 7 nitrogen and oxygen atoms in total. The van der Waals surface area contributed by atoms with E-state index in [0.717, 1.165) is 12.1 Å². The number of aromatic nitrogens is 3. The Morgan fingerprint density at radius 3 is 2.78 bits per heavy atom. The van der Waals surface area contributed by atoms with Gasteiger partial charge in [0.2, 0.25) is 5.88 Å². The van der Waals surface area contributed by atoms with E-state index in [4.69, 9.17) is 4.74 Å². The molecule has 0 saturated heterocycles. The van der Waals surface area contributed by atoms with E-state index in [2.05, 4.69) is 20.3 Å². The Labute approximate surface area is 153 Å². The highest BCUT2D eigenvalue weighted by Crippen LogP contribution is 2.25. The molecule has 0 aliphatic rings. The fourth-order valence-corrected chi connectivity index (χ4v) is 2.22. The Morgan fingerprint density at radius 2 is 2.11 bits per heavy atom. The van der Waals surface area contributed by atoms with E-state index in [0.29, 0.717) is 11.7 Å². The summed E-state index contributed by atoms with van der Waals surface area (Å²) >= 11 is 0. The van der Waals surface area contributed by atoms with Gasteiger partial charge in [-0.1, -0.05) is 0 Å². The minimum absolute atomic E-state index is 0.0582. The SMILES string of the molecule is C[C@H](NC(=O)c1c[nH]c2ncc(Oc3ccc(F)cc3F)nc12)C(C)(C)O. The number of amides is 1. The van der Waals surface area contributed by atoms with Crippen molar-refractivity contribution in [3.8, 4) is 11.6 Å². The Bertz CT molecular complexity index is 998. The van der Waals surface area contributed by atoms with Crippen LogP contribution in [0.15, 0.2) is 30.6 Å². The number of halogens is 2. The third-order valence-corrected chi connectivity index (χ3v) is 4.12. The molecule has 9 heteroatoms. The zero-order valence-corrected chi connectivity index (χ0v) is 14.9. The van der Waals surface area contributed by atoms with Gasteiger partial charge in [-0.25, -0.2) is 18.7 Å². The van der Waals surface area contributed by atoms with Crippen molar-refractivity contribution in [1.82, 2.24) is 20.3 Å². The van der Waals surface area contributed by atoms with E-state index >= 15 is 0 Å². The second-order valence-electron chi connectivity index (χ2n) is 6.63. The van der Waals surface area contributed by atoms with Crippen molar-refractivity contribution in [2.45, 2.75) is 32.4 Å². The van der Waals surface area contributed by atoms with E-state index < -0.39 is 29.2 Å². The molecule has 0 saturated carbocycles. The van der Waals surface area contributed by atoms with Gasteiger partial charge in [0.05, 0.1) is 23.4 Å². The van der Waals surface area contributed by atoms with E-state index in [1.165, 1.54) is 12.4 Å². The van der Waals surface area contributed by atoms with Gasteiger partial charge in [0.1, 0.15) is 11.3 Å². The number of carbonyl (C=O) groups excluding carboxylic acids is 1. The van der Waals surface area contributed by atoms with E-state index in [9.17, 15) is 18.7 Å². The number of fused-ring (bicyclic) bond motifs is 1. The number of aromatic amines is 1. The van der Waals surface area contributed by atoms with E-state index in [-0.39, 0.29) is 22.7 Å². The first-order valence-corrected chi connectivity index (χ1v) is 8.15. The van der Waals surface area contributed by atoms with Gasteiger partial charge in [0.15, 0.2) is 17.2 Å². The molecule has 0 spiro atoms. The van der Waals surface area contributed by atoms with Crippen LogP contribution in [0, 0.1) is 11.6 Å². The van der Waals surface area contributed by atoms with Crippen molar-refractivity contribution >= 4 is 17.1 Å². The van der Waals surface area contributed by atoms with Gasteiger partial charge >= 0.3 is 0 Å². The molecule has 0 aliphatic heterocycles. The Kier molecular flexibility index (Phi) is 4.79. The molecule has 2 aromatic heterocycles. The first-order chi connectivity index (χ1) is 12.6. The zero-order chi connectivity index (χ0) is 19.8. The largest absolute Gasteiger partial charge is 0.434 e. The fourth-order valence-electron chi connectivity index (χ4n) is 2.22. The van der Waals surface area contributed by atoms with Gasteiger partial charge in [-0.2, -0.15) is 0 Å². The van der Waals surface area contributed by atoms with Crippen LogP contribution in [0.3, 0.4) is 0 Å². The molecule has 3 N–H and O–H groups in total. The average Bonchev–Trinajstić information content (AvgIpc) is 2.99. The van der Waals surface area contributed by atoms with Crippen molar-refractivity contribution < 1.29 is 23.4 Å². The molecule has 3 aromatic rings. The maximum absolute atomic E-state index is 13.7. The normalized spacial score (nSPS) is 12.8. The highest BCUT2D eigenvalue weighted by Gasteiger charge is 2.25. The summed E-state index contributed by atoms with van der Waals surface area (Å²) in [4.78, 5) is 23.6. The van der Waals surface area contributed by atoms with Crippen LogP contribution in [-0.4, -0.2) is 37.6 Å². The lowest BCUT2D eigenvalue weighted by Crippen LogP contribution is -2.47. The van der Waals surface area contributed by atoms with Gasteiger partial charge in [0.25, 0.3) is 5.91 Å². The zero-order valence-electron chi connectivity index (χ0n) is 14.9. The van der Waals surface area contributed by atoms with Gasteiger partial charge in [-0.05, 0) is 32.9 Å². The number of benzene rings is 1. The van der Waals surface area contributed by atoms with Crippen LogP contribution in [-0.2, 0) is 0 Å². The number of rotatable bonds is 5. The van der Waals surface area contributed by atoms with Gasteiger partial charge in [-0.3, -0.25) is 4.79 Å². The number of ether oxygens (including phenoxy) is 1. The Morgan fingerprint density at radius 1 is 1.37 bits per heavy atom. The second-order valence-corrected chi connectivity index (χ2v) is 6.63. The number of hydrogen-bond acceptors (Lipinski definition) is 5. The minimum Gasteiger partial charge on any atom is -0.434 e. The second kappa shape index (κ2) is 6.92. The van der Waals surface area contributed by atoms with Crippen LogP contribution < -0.4 is 10.1 Å². The van der Waals surface area contributed by atoms with Crippen molar-refractivity contribution in [2.24, 2.45) is 0 Å². The highest BCUT2D eigenvalue weighted by molar-refractivity contribution is 6.04. The Balaban J connectivity index is 1.89. The van der Waals surface area contributed by atoms with Crippen LogP contribution >= 0.6 is 0 Å². The summed E-state index contributed by atoms with van der Waals surface area (Å²) in [5.41, 5.74) is -0.362. The van der Waals surface area contributed by atoms with E-state index in [1.54, 1.807) is 20.8 Å². The number of hydrogen-bond donors (Lipinski definition) is 3. The summed E-state index contributed by atoms with van der Waals surface area (Å²) in [6.45, 7) is 4.83. The lowest BCUT2D eigenvalue weighted by molar-refractivity contribution is 0.0409. The molecule has 0 radical (unpaired) electrons. The quantitative estimate of drug-likeness (QED) is 0.636. The van der Waals surface area contributed by atoms with Crippen LogP contribution in [0.4, 0.5) is 8.78 Å². The molecule has 1 atom stereocenters. The molecule has 1 amide bonds. The Hall–Kier alpha value is -3.07. The van der Waals surface area contributed by atoms with Gasteiger partial charge in [-0.15, -0.1) is 0 Å². The average molecular weight is 376 g/mol. The summed E-state index contributed by atoms with van der Waals surface area (Å²) in [6.07, 6.45) is 2.68. The topological polar surface area (TPSA) is 100 Å². The standard InChI is InChI=1S/C18H18F2N4O3/c1-9(18(2,3)26)23-17(25)11-7-21-16-15(11)24-14(8-22-16)27-13-5-4-10(19)6-12(13)20/h4-9,26H,1-3H3,(H,21,22)(H,23,25)/t9-/m0/s1. The summed E-state index contributed by atoms with van der Waals surface area (Å²) in [5, 5.41) is 12.6. The van der Waals surface area contributed by atoms with Crippen LogP contribution in [0.5, 0.6) is 11.6 Å². The molecule has 3 rings (SSSR count). The van der Waals surface area contributed by atoms with Gasteiger partial charge in [0, 0.05) is 12.3 Å². The number of aliphatic hydroxyl groups is 1. The first-order valence-electron chi connectivity index (χ1n) is 8.15. The molecule has 27 heavy (non-hydrogen) atoms. The molecule has 142 valence electrons. The number of nitrogens with zero attached hydrogens (tertiary/aromatic N) is 2. The van der Waals surface area contributed by atoms with Crippen LogP contribution in [0.1, 0.15) is 31.1 Å². The van der Waals surface area contributed by atoms with Crippen molar-refractivity contribution in [1.29, 1.82) is 0 Å². The molecule has 0 unspecified atom stereocenters. The molecule has 0 bridgehead atoms. The molecule has 1 aromatic carbocycles. The summed E-state index contributed by atoms with van der Waals surface area (Å²) in [6, 6.07) is 2.36. The van der Waals surface area contributed by atoms with E-state index in [1.807, 2.05) is 0 Å². The molecular formula is C18H18F2N4O3. The van der Waals surface area contributed by atoms with Crippen molar-refractivity contribution in [2.75, 3.05) is 0 Å². The maximum atomic E-state index is 13.7. The number of nitrogens with one attached hydrogen (secondary N) is 2. The summed E-state index contributed by atoms with van der Waals surface area (Å²) < 4.78 is 32.0. The lowest BCUT2D eigenvalue weighted by Gasteiger charge is -2.26. The molecular weight excluding hydrogens is 358 g/mol. The van der Waals surface area contributed by atoms with Gasteiger partial charge < -0.3 is 20.1 Å². The van der Waals surface area contributed by atoms with Crippen molar-refractivity contribution in [3.63, 3.8) is 0 Å².